The van der Waals surface area contributed by atoms with E-state index in [4.69, 9.17) is 5.73 Å². The summed E-state index contributed by atoms with van der Waals surface area (Å²) in [5, 5.41) is 0. The number of hydrogen-bond donors (Lipinski definition) is 1. The maximum Gasteiger partial charge on any atom is 0.270 e. The van der Waals surface area contributed by atoms with Gasteiger partial charge in [0, 0.05) is 18.2 Å². The lowest BCUT2D eigenvalue weighted by Crippen LogP contribution is -2.37. The van der Waals surface area contributed by atoms with E-state index in [9.17, 15) is 9.59 Å². The molecule has 7 nitrogen and oxygen atoms in total. The largest absolute Gasteiger partial charge is 0.387 e. The highest BCUT2D eigenvalue weighted by Crippen LogP contribution is 2.24. The highest BCUT2D eigenvalue weighted by Gasteiger charge is 2.32. The van der Waals surface area contributed by atoms with Crippen molar-refractivity contribution in [2.45, 2.75) is 46.1 Å². The molecule has 0 aliphatic carbocycles. The molecule has 1 atom stereocenters. The normalized spacial score (nSPS) is 19.0. The van der Waals surface area contributed by atoms with Crippen LogP contribution in [0.4, 0.5) is 5.82 Å². The van der Waals surface area contributed by atoms with Crippen molar-refractivity contribution in [1.82, 2.24) is 9.97 Å². The van der Waals surface area contributed by atoms with Gasteiger partial charge in [-0.25, -0.2) is 9.97 Å². The third-order valence-electron chi connectivity index (χ3n) is 3.83. The minimum Gasteiger partial charge on any atom is -0.387 e. The fourth-order valence-corrected chi connectivity index (χ4v) is 2.44. The highest BCUT2D eigenvalue weighted by atomic mass is 16.2. The first-order valence-electron chi connectivity index (χ1n) is 7.72. The van der Waals surface area contributed by atoms with Crippen LogP contribution in [0.15, 0.2) is 23.6 Å². The van der Waals surface area contributed by atoms with E-state index in [2.05, 4.69) is 15.0 Å². The molecule has 1 aliphatic rings. The zero-order valence-electron chi connectivity index (χ0n) is 13.8. The molecule has 1 fully saturated rings. The molecule has 0 radical (unpaired) electrons. The van der Waals surface area contributed by atoms with E-state index in [0.29, 0.717) is 12.2 Å². The zero-order valence-corrected chi connectivity index (χ0v) is 13.8. The van der Waals surface area contributed by atoms with Crippen LogP contribution in [0.5, 0.6) is 0 Å². The Balaban J connectivity index is 2.07. The molecule has 1 aliphatic heterocycles. The van der Waals surface area contributed by atoms with Crippen molar-refractivity contribution in [2.24, 2.45) is 16.1 Å². The quantitative estimate of drug-likeness (QED) is 0.664. The summed E-state index contributed by atoms with van der Waals surface area (Å²) in [4.78, 5) is 38.3. The molecule has 0 saturated carbocycles. The minimum atomic E-state index is -0.496. The summed E-state index contributed by atoms with van der Waals surface area (Å²) in [6, 6.07) is 1.38. The summed E-state index contributed by atoms with van der Waals surface area (Å²) < 4.78 is 0. The Morgan fingerprint density at radius 2 is 2.17 bits per heavy atom. The van der Waals surface area contributed by atoms with E-state index < -0.39 is 5.41 Å². The molecule has 23 heavy (non-hydrogen) atoms. The molecule has 0 aromatic carbocycles. The second-order valence-electron chi connectivity index (χ2n) is 6.71. The number of carbonyl (C=O) groups is 2. The lowest BCUT2D eigenvalue weighted by molar-refractivity contribution is -0.125. The van der Waals surface area contributed by atoms with Crippen molar-refractivity contribution in [3.8, 4) is 0 Å². The highest BCUT2D eigenvalue weighted by molar-refractivity contribution is 6.06. The van der Waals surface area contributed by atoms with Crippen molar-refractivity contribution in [1.29, 1.82) is 0 Å². The number of ketones is 1. The fourth-order valence-electron chi connectivity index (χ4n) is 2.44. The van der Waals surface area contributed by atoms with E-state index in [-0.39, 0.29) is 30.0 Å². The molecule has 1 amide bonds. The van der Waals surface area contributed by atoms with Gasteiger partial charge in [-0.1, -0.05) is 20.8 Å². The van der Waals surface area contributed by atoms with Gasteiger partial charge in [-0.3, -0.25) is 9.59 Å². The first-order chi connectivity index (χ1) is 10.8. The van der Waals surface area contributed by atoms with Crippen LogP contribution in [0.3, 0.4) is 0 Å². The van der Waals surface area contributed by atoms with Crippen molar-refractivity contribution in [3.05, 3.63) is 18.6 Å². The van der Waals surface area contributed by atoms with Gasteiger partial charge in [0.1, 0.15) is 29.8 Å². The van der Waals surface area contributed by atoms with Gasteiger partial charge in [0.05, 0.1) is 6.42 Å². The van der Waals surface area contributed by atoms with Gasteiger partial charge in [-0.05, 0) is 18.9 Å². The van der Waals surface area contributed by atoms with Crippen LogP contribution >= 0.6 is 0 Å². The molecular formula is C16H23N5O2. The molecule has 7 heteroatoms. The van der Waals surface area contributed by atoms with Crippen LogP contribution in [0.1, 0.15) is 40.0 Å². The van der Waals surface area contributed by atoms with E-state index >= 15 is 0 Å². The van der Waals surface area contributed by atoms with E-state index in [1.54, 1.807) is 12.3 Å². The molecule has 2 N–H and O–H groups in total. The Morgan fingerprint density at radius 1 is 1.43 bits per heavy atom. The number of hydrogen-bond acceptors (Lipinski definition) is 5. The second-order valence-corrected chi connectivity index (χ2v) is 6.71. The lowest BCUT2D eigenvalue weighted by Gasteiger charge is -2.23. The predicted molar refractivity (Wildman–Crippen MR) is 88.1 cm³/mol. The van der Waals surface area contributed by atoms with Crippen LogP contribution in [-0.2, 0) is 9.59 Å². The molecule has 1 unspecified atom stereocenters. The van der Waals surface area contributed by atoms with Gasteiger partial charge in [0.25, 0.3) is 5.91 Å². The fraction of sp³-hybridized carbons (Fsp3) is 0.562. The minimum absolute atomic E-state index is 0.00450. The Kier molecular flexibility index (Phi) is 5.08. The van der Waals surface area contributed by atoms with E-state index in [0.717, 1.165) is 13.0 Å². The molecular weight excluding hydrogens is 294 g/mol. The first kappa shape index (κ1) is 17.1. The first-order valence-corrected chi connectivity index (χ1v) is 7.72. The van der Waals surface area contributed by atoms with Crippen molar-refractivity contribution in [2.75, 3.05) is 11.4 Å². The third kappa shape index (κ3) is 4.34. The van der Waals surface area contributed by atoms with Crippen LogP contribution in [0.25, 0.3) is 0 Å². The maximum absolute atomic E-state index is 12.4. The number of anilines is 1. The number of carbonyl (C=O) groups excluding carboxylic acids is 2. The predicted octanol–water partition coefficient (Wildman–Crippen LogP) is 1.33. The Morgan fingerprint density at radius 3 is 2.78 bits per heavy atom. The number of aliphatic imine (C=N–C) groups is 1. The summed E-state index contributed by atoms with van der Waals surface area (Å²) in [6.07, 6.45) is 4.68. The van der Waals surface area contributed by atoms with Crippen LogP contribution in [-0.4, -0.2) is 40.1 Å². The number of rotatable bonds is 4. The number of Topliss-reactive ketones (excluding diaryl/α,β-unsaturated/α-hetero) is 1. The van der Waals surface area contributed by atoms with Gasteiger partial charge in [0.2, 0.25) is 0 Å². The molecule has 0 bridgehead atoms. The number of nitrogens with zero attached hydrogens (tertiary/aromatic N) is 4. The number of amides is 1. The zero-order chi connectivity index (χ0) is 17.0. The topological polar surface area (TPSA) is 102 Å². The van der Waals surface area contributed by atoms with Gasteiger partial charge >= 0.3 is 0 Å². The van der Waals surface area contributed by atoms with Crippen LogP contribution in [0, 0.1) is 5.41 Å². The van der Waals surface area contributed by atoms with Gasteiger partial charge < -0.3 is 10.6 Å². The monoisotopic (exact) mass is 317 g/mol. The van der Waals surface area contributed by atoms with Crippen LogP contribution in [0.2, 0.25) is 0 Å². The third-order valence-corrected chi connectivity index (χ3v) is 3.83. The molecule has 1 aromatic rings. The van der Waals surface area contributed by atoms with Crippen molar-refractivity contribution >= 4 is 23.3 Å². The summed E-state index contributed by atoms with van der Waals surface area (Å²) in [5.74, 6) is 0.422. The number of aromatic nitrogens is 2. The standard InChI is InChI=1S/C16H23N5O2/c1-16(2,3)12(22)9-13(17)20-15(23)11-5-4-8-21(11)14-6-7-18-10-19-14/h6-7,10-11H,4-5,8-9H2,1-3H3,(H2,17,20,23). The summed E-state index contributed by atoms with van der Waals surface area (Å²) in [5.41, 5.74) is 5.29. The summed E-state index contributed by atoms with van der Waals surface area (Å²) in [6.45, 7) is 6.19. The molecule has 124 valence electrons. The Bertz CT molecular complexity index is 607. The average molecular weight is 317 g/mol. The number of nitrogens with two attached hydrogens (primary N) is 1. The molecule has 1 aromatic heterocycles. The Hall–Kier alpha value is -2.31. The van der Waals surface area contributed by atoms with Crippen LogP contribution < -0.4 is 10.6 Å². The molecule has 0 spiro atoms. The number of amidine groups is 1. The van der Waals surface area contributed by atoms with E-state index in [1.165, 1.54) is 6.33 Å². The van der Waals surface area contributed by atoms with Gasteiger partial charge in [-0.15, -0.1) is 0 Å². The Labute approximate surface area is 136 Å². The lowest BCUT2D eigenvalue weighted by atomic mass is 9.89. The molecule has 2 heterocycles. The smallest absolute Gasteiger partial charge is 0.270 e. The van der Waals surface area contributed by atoms with Crippen molar-refractivity contribution < 1.29 is 9.59 Å². The van der Waals surface area contributed by atoms with E-state index in [1.807, 2.05) is 25.7 Å². The van der Waals surface area contributed by atoms with Gasteiger partial charge in [0.15, 0.2) is 0 Å². The SMILES string of the molecule is CC(C)(C)C(=O)CC(N)=NC(=O)C1CCCN1c1ccncn1. The average Bonchev–Trinajstić information content (AvgIpc) is 2.96. The molecule has 2 rings (SSSR count). The van der Waals surface area contributed by atoms with Crippen molar-refractivity contribution in [3.63, 3.8) is 0 Å². The summed E-state index contributed by atoms with van der Waals surface area (Å²) in [7, 11) is 0. The maximum atomic E-state index is 12.4. The summed E-state index contributed by atoms with van der Waals surface area (Å²) >= 11 is 0. The molecule has 1 saturated heterocycles. The van der Waals surface area contributed by atoms with Gasteiger partial charge in [-0.2, -0.15) is 4.99 Å². The second kappa shape index (κ2) is 6.85.